The summed E-state index contributed by atoms with van der Waals surface area (Å²) in [6.45, 7) is 9.97. The predicted octanol–water partition coefficient (Wildman–Crippen LogP) is 2.46. The Kier molecular flexibility index (Phi) is 5.69. The molecule has 0 heterocycles. The van der Waals surface area contributed by atoms with Crippen molar-refractivity contribution in [3.05, 3.63) is 12.2 Å². The number of aliphatic hydroxyl groups excluding tert-OH is 1. The summed E-state index contributed by atoms with van der Waals surface area (Å²) in [6.07, 6.45) is 0.527. The molecule has 1 atom stereocenters. The van der Waals surface area contributed by atoms with E-state index in [0.29, 0.717) is 5.25 Å². The molecule has 11 heavy (non-hydrogen) atoms. The van der Waals surface area contributed by atoms with Crippen molar-refractivity contribution < 1.29 is 5.11 Å². The lowest BCUT2D eigenvalue weighted by molar-refractivity contribution is 0.200. The molecule has 0 spiro atoms. The molecule has 0 fully saturated rings. The van der Waals surface area contributed by atoms with E-state index in [0.717, 1.165) is 17.7 Å². The van der Waals surface area contributed by atoms with Gasteiger partial charge in [0, 0.05) is 5.75 Å². The van der Waals surface area contributed by atoms with Gasteiger partial charge in [0.15, 0.2) is 0 Å². The number of hydrogen-bond acceptors (Lipinski definition) is 2. The second-order valence-electron chi connectivity index (χ2n) is 3.20. The number of thioether (sulfide) groups is 1. The Morgan fingerprint density at radius 2 is 2.09 bits per heavy atom. The molecule has 0 saturated heterocycles. The van der Waals surface area contributed by atoms with Gasteiger partial charge in [-0.05, 0) is 18.6 Å². The average Bonchev–Trinajstić information content (AvgIpc) is 1.82. The van der Waals surface area contributed by atoms with Crippen LogP contribution < -0.4 is 0 Å². The molecule has 0 rings (SSSR count). The predicted molar refractivity (Wildman–Crippen MR) is 53.0 cm³/mol. The second kappa shape index (κ2) is 5.67. The van der Waals surface area contributed by atoms with E-state index in [9.17, 15) is 5.11 Å². The van der Waals surface area contributed by atoms with Crippen LogP contribution in [0.15, 0.2) is 12.2 Å². The van der Waals surface area contributed by atoms with E-state index in [1.807, 2.05) is 6.92 Å². The first-order valence-corrected chi connectivity index (χ1v) is 5.01. The fourth-order valence-corrected chi connectivity index (χ4v) is 1.49. The molecular formula is C9H18OS. The lowest BCUT2D eigenvalue weighted by Gasteiger charge is -2.11. The molecule has 0 aliphatic rings. The lowest BCUT2D eigenvalue weighted by atomic mass is 10.2. The highest BCUT2D eigenvalue weighted by Gasteiger charge is 2.05. The third kappa shape index (κ3) is 7.95. The van der Waals surface area contributed by atoms with Crippen LogP contribution in [0, 0.1) is 0 Å². The van der Waals surface area contributed by atoms with Crippen molar-refractivity contribution in [2.45, 2.75) is 38.5 Å². The zero-order chi connectivity index (χ0) is 8.85. The molecule has 0 amide bonds. The Morgan fingerprint density at radius 1 is 1.55 bits per heavy atom. The molecule has 0 bridgehead atoms. The molecule has 0 aromatic rings. The quantitative estimate of drug-likeness (QED) is 0.646. The summed E-state index contributed by atoms with van der Waals surface area (Å²) in [5.41, 5.74) is 1.06. The molecule has 0 aromatic heterocycles. The zero-order valence-electron chi connectivity index (χ0n) is 7.63. The molecule has 1 unspecified atom stereocenters. The van der Waals surface area contributed by atoms with Crippen molar-refractivity contribution in [3.8, 4) is 0 Å². The van der Waals surface area contributed by atoms with E-state index < -0.39 is 0 Å². The van der Waals surface area contributed by atoms with Crippen molar-refractivity contribution in [3.63, 3.8) is 0 Å². The van der Waals surface area contributed by atoms with Gasteiger partial charge in [-0.25, -0.2) is 0 Å². The van der Waals surface area contributed by atoms with Crippen molar-refractivity contribution in [1.29, 1.82) is 0 Å². The van der Waals surface area contributed by atoms with Gasteiger partial charge in [-0.15, -0.1) is 6.58 Å². The van der Waals surface area contributed by atoms with Crippen molar-refractivity contribution in [2.75, 3.05) is 5.75 Å². The highest BCUT2D eigenvalue weighted by atomic mass is 32.2. The van der Waals surface area contributed by atoms with Gasteiger partial charge in [0.25, 0.3) is 0 Å². The molecule has 66 valence electrons. The van der Waals surface area contributed by atoms with Crippen LogP contribution in [0.3, 0.4) is 0 Å². The van der Waals surface area contributed by atoms with Gasteiger partial charge in [-0.3, -0.25) is 0 Å². The normalized spacial score (nSPS) is 13.5. The van der Waals surface area contributed by atoms with E-state index in [4.69, 9.17) is 0 Å². The topological polar surface area (TPSA) is 20.2 Å². The molecule has 0 aromatic carbocycles. The standard InChI is InChI=1S/C9H18OS/c1-7(2)5-9(10)6-11-8(3)4/h8-10H,1,5-6H2,2-4H3. The van der Waals surface area contributed by atoms with Crippen LogP contribution in [0.1, 0.15) is 27.2 Å². The van der Waals surface area contributed by atoms with Crippen LogP contribution >= 0.6 is 11.8 Å². The van der Waals surface area contributed by atoms with Crippen molar-refractivity contribution >= 4 is 11.8 Å². The van der Waals surface area contributed by atoms with Crippen LogP contribution in [0.25, 0.3) is 0 Å². The minimum Gasteiger partial charge on any atom is -0.392 e. The summed E-state index contributed by atoms with van der Waals surface area (Å²) in [4.78, 5) is 0. The lowest BCUT2D eigenvalue weighted by Crippen LogP contribution is -2.11. The van der Waals surface area contributed by atoms with Crippen molar-refractivity contribution in [1.82, 2.24) is 0 Å². The highest BCUT2D eigenvalue weighted by molar-refractivity contribution is 7.99. The maximum atomic E-state index is 9.39. The Morgan fingerprint density at radius 3 is 2.45 bits per heavy atom. The Bertz CT molecular complexity index is 121. The summed E-state index contributed by atoms with van der Waals surface area (Å²) in [6, 6.07) is 0. The van der Waals surface area contributed by atoms with Crippen LogP contribution in [0.4, 0.5) is 0 Å². The minimum absolute atomic E-state index is 0.208. The first-order valence-electron chi connectivity index (χ1n) is 3.96. The van der Waals surface area contributed by atoms with Gasteiger partial charge < -0.3 is 5.11 Å². The van der Waals surface area contributed by atoms with Gasteiger partial charge in [0.2, 0.25) is 0 Å². The smallest absolute Gasteiger partial charge is 0.0667 e. The van der Waals surface area contributed by atoms with Gasteiger partial charge >= 0.3 is 0 Å². The van der Waals surface area contributed by atoms with Gasteiger partial charge in [0.05, 0.1) is 6.10 Å². The largest absolute Gasteiger partial charge is 0.392 e. The molecule has 2 heteroatoms. The SMILES string of the molecule is C=C(C)CC(O)CSC(C)C. The highest BCUT2D eigenvalue weighted by Crippen LogP contribution is 2.13. The first kappa shape index (κ1) is 11.1. The molecular weight excluding hydrogens is 156 g/mol. The van der Waals surface area contributed by atoms with Crippen LogP contribution in [-0.2, 0) is 0 Å². The molecule has 0 radical (unpaired) electrons. The Balaban J connectivity index is 3.37. The maximum absolute atomic E-state index is 9.39. The Hall–Kier alpha value is 0.0500. The summed E-state index contributed by atoms with van der Waals surface area (Å²) in [5.74, 6) is 0.824. The van der Waals surface area contributed by atoms with Gasteiger partial charge in [-0.2, -0.15) is 11.8 Å². The van der Waals surface area contributed by atoms with E-state index >= 15 is 0 Å². The second-order valence-corrected chi connectivity index (χ2v) is 4.81. The third-order valence-corrected chi connectivity index (χ3v) is 2.45. The third-order valence-electron chi connectivity index (χ3n) is 1.21. The average molecular weight is 174 g/mol. The molecule has 0 aliphatic heterocycles. The van der Waals surface area contributed by atoms with E-state index in [2.05, 4.69) is 20.4 Å². The van der Waals surface area contributed by atoms with Crippen LogP contribution in [-0.4, -0.2) is 22.2 Å². The van der Waals surface area contributed by atoms with E-state index in [1.165, 1.54) is 0 Å². The maximum Gasteiger partial charge on any atom is 0.0667 e. The number of aliphatic hydroxyl groups is 1. The molecule has 0 saturated carbocycles. The van der Waals surface area contributed by atoms with Crippen molar-refractivity contribution in [2.24, 2.45) is 0 Å². The monoisotopic (exact) mass is 174 g/mol. The fourth-order valence-electron chi connectivity index (χ4n) is 0.765. The van der Waals surface area contributed by atoms with Gasteiger partial charge in [0.1, 0.15) is 0 Å². The zero-order valence-corrected chi connectivity index (χ0v) is 8.45. The molecule has 1 nitrogen and oxygen atoms in total. The van der Waals surface area contributed by atoms with Crippen LogP contribution in [0.2, 0.25) is 0 Å². The summed E-state index contributed by atoms with van der Waals surface area (Å²) < 4.78 is 0. The number of hydrogen-bond donors (Lipinski definition) is 1. The summed E-state index contributed by atoms with van der Waals surface area (Å²) in [7, 11) is 0. The minimum atomic E-state index is -0.208. The Labute approximate surface area is 73.9 Å². The van der Waals surface area contributed by atoms with Crippen LogP contribution in [0.5, 0.6) is 0 Å². The molecule has 0 aliphatic carbocycles. The first-order chi connectivity index (χ1) is 5.02. The number of rotatable bonds is 5. The summed E-state index contributed by atoms with van der Waals surface area (Å²) in [5, 5.41) is 9.99. The summed E-state index contributed by atoms with van der Waals surface area (Å²) >= 11 is 1.79. The van der Waals surface area contributed by atoms with Gasteiger partial charge in [-0.1, -0.05) is 19.4 Å². The van der Waals surface area contributed by atoms with E-state index in [-0.39, 0.29) is 6.10 Å². The van der Waals surface area contributed by atoms with E-state index in [1.54, 1.807) is 11.8 Å². The molecule has 1 N–H and O–H groups in total. The fraction of sp³-hybridized carbons (Fsp3) is 0.778.